The van der Waals surface area contributed by atoms with Crippen LogP contribution in [0.3, 0.4) is 0 Å². The van der Waals surface area contributed by atoms with E-state index < -0.39 is 5.97 Å². The highest BCUT2D eigenvalue weighted by atomic mass is 32.1. The van der Waals surface area contributed by atoms with Gasteiger partial charge in [0.05, 0.1) is 11.4 Å². The molecule has 2 aromatic carbocycles. The van der Waals surface area contributed by atoms with Gasteiger partial charge in [0, 0.05) is 17.9 Å². The third kappa shape index (κ3) is 4.53. The van der Waals surface area contributed by atoms with E-state index in [1.165, 1.54) is 28.7 Å². The highest BCUT2D eigenvalue weighted by Gasteiger charge is 2.25. The average molecular weight is 446 g/mol. The highest BCUT2D eigenvalue weighted by molar-refractivity contribution is 7.14. The van der Waals surface area contributed by atoms with Crippen LogP contribution in [0.25, 0.3) is 6.08 Å². The van der Waals surface area contributed by atoms with Gasteiger partial charge < -0.3 is 4.74 Å². The van der Waals surface area contributed by atoms with Gasteiger partial charge >= 0.3 is 5.97 Å². The van der Waals surface area contributed by atoms with Crippen molar-refractivity contribution in [3.8, 4) is 0 Å². The van der Waals surface area contributed by atoms with E-state index in [-0.39, 0.29) is 22.9 Å². The van der Waals surface area contributed by atoms with Crippen LogP contribution in [-0.4, -0.2) is 22.8 Å². The van der Waals surface area contributed by atoms with Crippen LogP contribution in [0.15, 0.2) is 70.7 Å². The summed E-state index contributed by atoms with van der Waals surface area (Å²) in [5.74, 6) is -0.406. The number of carbonyl (C=O) groups is 2. The lowest BCUT2D eigenvalue weighted by Crippen LogP contribution is -2.22. The lowest BCUT2D eigenvalue weighted by molar-refractivity contribution is -0.130. The van der Waals surface area contributed by atoms with Gasteiger partial charge in [-0.3, -0.25) is 9.69 Å². The maximum atomic E-state index is 12.4. The van der Waals surface area contributed by atoms with E-state index in [2.05, 4.69) is 30.7 Å². The summed E-state index contributed by atoms with van der Waals surface area (Å²) >= 11 is 1.32. The Morgan fingerprint density at radius 1 is 1.06 bits per heavy atom. The van der Waals surface area contributed by atoms with Gasteiger partial charge in [-0.15, -0.1) is 11.3 Å². The molecule has 32 heavy (non-hydrogen) atoms. The number of aromatic nitrogens is 1. The smallest absolute Gasteiger partial charge is 0.363 e. The van der Waals surface area contributed by atoms with Crippen molar-refractivity contribution in [3.63, 3.8) is 0 Å². The molecule has 0 saturated heterocycles. The summed E-state index contributed by atoms with van der Waals surface area (Å²) in [5, 5.41) is 2.30. The van der Waals surface area contributed by atoms with E-state index in [9.17, 15) is 9.59 Å². The molecule has 1 amide bonds. The first-order valence-electron chi connectivity index (χ1n) is 10.2. The highest BCUT2D eigenvalue weighted by Crippen LogP contribution is 2.30. The van der Waals surface area contributed by atoms with Crippen LogP contribution in [0.5, 0.6) is 0 Å². The Morgan fingerprint density at radius 3 is 2.38 bits per heavy atom. The summed E-state index contributed by atoms with van der Waals surface area (Å²) in [6, 6.07) is 17.1. The molecule has 162 valence electrons. The molecule has 0 aliphatic carbocycles. The van der Waals surface area contributed by atoms with Gasteiger partial charge in [-0.1, -0.05) is 51.1 Å². The monoisotopic (exact) mass is 445 g/mol. The number of rotatable bonds is 4. The minimum Gasteiger partial charge on any atom is -0.402 e. The van der Waals surface area contributed by atoms with Crippen LogP contribution >= 0.6 is 11.3 Å². The number of cyclic esters (lactones) is 1. The standard InChI is InChI=1S/C25H23N3O3S/c1-16(29)28(20-8-6-5-7-9-20)24-26-19(15-32-24)14-21-23(30)31-22(27-21)17-10-12-18(13-11-17)25(2,3)4/h5-15H,1-4H3/b21-14-. The molecule has 0 unspecified atom stereocenters. The first-order chi connectivity index (χ1) is 15.2. The van der Waals surface area contributed by atoms with Gasteiger partial charge in [-0.05, 0) is 41.3 Å². The van der Waals surface area contributed by atoms with Crippen molar-refractivity contribution in [1.29, 1.82) is 0 Å². The number of benzene rings is 2. The van der Waals surface area contributed by atoms with Gasteiger partial charge in [0.2, 0.25) is 11.8 Å². The van der Waals surface area contributed by atoms with Gasteiger partial charge in [-0.2, -0.15) is 0 Å². The molecule has 0 atom stereocenters. The first kappa shape index (κ1) is 21.6. The van der Waals surface area contributed by atoms with Crippen LogP contribution in [0, 0.1) is 0 Å². The summed E-state index contributed by atoms with van der Waals surface area (Å²) in [5.41, 5.74) is 3.39. The lowest BCUT2D eigenvalue weighted by atomic mass is 9.87. The molecule has 1 aliphatic rings. The SMILES string of the molecule is CC(=O)N(c1ccccc1)c1nc(/C=C2\N=C(c3ccc(C(C)(C)C)cc3)OC2=O)cs1. The predicted octanol–water partition coefficient (Wildman–Crippen LogP) is 5.47. The average Bonchev–Trinajstić information content (AvgIpc) is 3.35. The molecule has 4 rings (SSSR count). The van der Waals surface area contributed by atoms with Crippen LogP contribution in [0.2, 0.25) is 0 Å². The number of hydrogen-bond acceptors (Lipinski definition) is 6. The Labute approximate surface area is 190 Å². The molecule has 3 aromatic rings. The summed E-state index contributed by atoms with van der Waals surface area (Å²) in [6.07, 6.45) is 1.57. The number of amides is 1. The van der Waals surface area contributed by atoms with Crippen molar-refractivity contribution in [3.05, 3.63) is 82.5 Å². The zero-order valence-corrected chi connectivity index (χ0v) is 19.1. The van der Waals surface area contributed by atoms with E-state index in [0.717, 1.165) is 11.3 Å². The summed E-state index contributed by atoms with van der Waals surface area (Å²) < 4.78 is 5.37. The largest absolute Gasteiger partial charge is 0.402 e. The quantitative estimate of drug-likeness (QED) is 0.394. The molecule has 7 heteroatoms. The van der Waals surface area contributed by atoms with E-state index in [4.69, 9.17) is 4.74 Å². The zero-order valence-electron chi connectivity index (χ0n) is 18.3. The fraction of sp³-hybridized carbons (Fsp3) is 0.200. The third-order valence-corrected chi connectivity index (χ3v) is 5.78. The van der Waals surface area contributed by atoms with Crippen molar-refractivity contribution >= 4 is 46.0 Å². The Hall–Kier alpha value is -3.58. The molecule has 1 aliphatic heterocycles. The van der Waals surface area contributed by atoms with Crippen molar-refractivity contribution < 1.29 is 14.3 Å². The van der Waals surface area contributed by atoms with E-state index >= 15 is 0 Å². The molecular weight excluding hydrogens is 422 g/mol. The first-order valence-corrected chi connectivity index (χ1v) is 11.0. The van der Waals surface area contributed by atoms with E-state index in [1.54, 1.807) is 11.5 Å². The maximum Gasteiger partial charge on any atom is 0.363 e. The van der Waals surface area contributed by atoms with Crippen molar-refractivity contribution in [2.45, 2.75) is 33.1 Å². The molecule has 0 spiro atoms. The van der Waals surface area contributed by atoms with Gasteiger partial charge in [0.1, 0.15) is 0 Å². The molecule has 0 bridgehead atoms. The fourth-order valence-electron chi connectivity index (χ4n) is 3.23. The number of ether oxygens (including phenoxy) is 1. The normalized spacial score (nSPS) is 14.9. The molecule has 0 radical (unpaired) electrons. The van der Waals surface area contributed by atoms with Crippen molar-refractivity contribution in [2.24, 2.45) is 4.99 Å². The molecule has 6 nitrogen and oxygen atoms in total. The number of thiazole rings is 1. The van der Waals surface area contributed by atoms with Gasteiger partial charge in [0.25, 0.3) is 0 Å². The minimum atomic E-state index is -0.527. The maximum absolute atomic E-state index is 12.4. The second kappa shape index (κ2) is 8.51. The van der Waals surface area contributed by atoms with Gasteiger partial charge in [0.15, 0.2) is 10.8 Å². The topological polar surface area (TPSA) is 71.9 Å². The number of hydrogen-bond donors (Lipinski definition) is 0. The van der Waals surface area contributed by atoms with Gasteiger partial charge in [-0.25, -0.2) is 14.8 Å². The Balaban J connectivity index is 1.59. The molecule has 0 saturated carbocycles. The van der Waals surface area contributed by atoms with E-state index in [1.807, 2.05) is 54.6 Å². The minimum absolute atomic E-state index is 0.0353. The molecule has 0 fully saturated rings. The summed E-state index contributed by atoms with van der Waals surface area (Å²) in [4.78, 5) is 35.0. The number of anilines is 2. The molecule has 1 aromatic heterocycles. The zero-order chi connectivity index (χ0) is 22.9. The number of para-hydroxylation sites is 1. The third-order valence-electron chi connectivity index (χ3n) is 4.93. The van der Waals surface area contributed by atoms with Crippen molar-refractivity contribution in [2.75, 3.05) is 4.90 Å². The Bertz CT molecular complexity index is 1220. The second-order valence-electron chi connectivity index (χ2n) is 8.41. The second-order valence-corrected chi connectivity index (χ2v) is 9.24. The lowest BCUT2D eigenvalue weighted by Gasteiger charge is -2.18. The number of nitrogens with zero attached hydrogens (tertiary/aromatic N) is 3. The molecular formula is C25H23N3O3S. The van der Waals surface area contributed by atoms with Crippen molar-refractivity contribution in [1.82, 2.24) is 4.98 Å². The molecule has 0 N–H and O–H groups in total. The number of aliphatic imine (C=N–C) groups is 1. The number of esters is 1. The van der Waals surface area contributed by atoms with Crippen LogP contribution in [-0.2, 0) is 19.7 Å². The van der Waals surface area contributed by atoms with Crippen LogP contribution < -0.4 is 4.90 Å². The Morgan fingerprint density at radius 2 is 1.75 bits per heavy atom. The number of carbonyl (C=O) groups excluding carboxylic acids is 2. The fourth-order valence-corrected chi connectivity index (χ4v) is 4.08. The Kier molecular flexibility index (Phi) is 5.76. The predicted molar refractivity (Wildman–Crippen MR) is 127 cm³/mol. The molecule has 2 heterocycles. The van der Waals surface area contributed by atoms with Crippen LogP contribution in [0.4, 0.5) is 10.8 Å². The van der Waals surface area contributed by atoms with E-state index in [0.29, 0.717) is 10.8 Å². The van der Waals surface area contributed by atoms with Crippen LogP contribution in [0.1, 0.15) is 44.5 Å². The summed E-state index contributed by atoms with van der Waals surface area (Å²) in [6.45, 7) is 7.91. The summed E-state index contributed by atoms with van der Waals surface area (Å²) in [7, 11) is 0.